The predicted octanol–water partition coefficient (Wildman–Crippen LogP) is 2.74. The Balaban J connectivity index is 2.07. The zero-order chi connectivity index (χ0) is 15.4. The van der Waals surface area contributed by atoms with Crippen LogP contribution in [0, 0.1) is 5.82 Å². The molecule has 0 spiro atoms. The van der Waals surface area contributed by atoms with Crippen LogP contribution in [0.1, 0.15) is 15.9 Å². The van der Waals surface area contributed by atoms with Crippen LogP contribution in [-0.2, 0) is 6.54 Å². The molecule has 0 bridgehead atoms. The molecule has 0 saturated heterocycles. The number of nitrogens with one attached hydrogen (secondary N) is 2. The van der Waals surface area contributed by atoms with Gasteiger partial charge in [-0.15, -0.1) is 0 Å². The largest absolute Gasteiger partial charge is 0.348 e. The normalized spacial score (nSPS) is 10.3. The molecule has 0 aliphatic rings. The Labute approximate surface area is 130 Å². The van der Waals surface area contributed by atoms with Gasteiger partial charge in [0.25, 0.3) is 5.91 Å². The van der Waals surface area contributed by atoms with E-state index in [4.69, 9.17) is 29.0 Å². The highest BCUT2D eigenvalue weighted by Gasteiger charge is 2.09. The fourth-order valence-corrected chi connectivity index (χ4v) is 2.05. The molecule has 21 heavy (non-hydrogen) atoms. The minimum absolute atomic E-state index is 0.00308. The van der Waals surface area contributed by atoms with E-state index in [9.17, 15) is 9.18 Å². The van der Waals surface area contributed by atoms with Gasteiger partial charge in [-0.1, -0.05) is 29.3 Å². The molecular weight excluding hydrogens is 318 g/mol. The van der Waals surface area contributed by atoms with Gasteiger partial charge in [-0.25, -0.2) is 15.2 Å². The number of hydrazine groups is 1. The van der Waals surface area contributed by atoms with E-state index in [-0.39, 0.29) is 28.4 Å². The van der Waals surface area contributed by atoms with Crippen LogP contribution in [0.5, 0.6) is 0 Å². The zero-order valence-electron chi connectivity index (χ0n) is 10.7. The quantitative estimate of drug-likeness (QED) is 0.458. The summed E-state index contributed by atoms with van der Waals surface area (Å²) in [6.07, 6.45) is 0. The molecule has 0 fully saturated rings. The SMILES string of the molecule is NNc1cc(C(=O)NCc2ccc(F)c(Cl)c2)cc(Cl)n1. The molecule has 110 valence electrons. The molecule has 1 aromatic carbocycles. The second-order valence-electron chi connectivity index (χ2n) is 4.14. The summed E-state index contributed by atoms with van der Waals surface area (Å²) in [5.74, 6) is 4.63. The molecule has 0 aliphatic carbocycles. The van der Waals surface area contributed by atoms with Gasteiger partial charge in [-0.3, -0.25) is 4.79 Å². The van der Waals surface area contributed by atoms with E-state index in [1.54, 1.807) is 0 Å². The molecule has 0 radical (unpaired) electrons. The number of anilines is 1. The molecule has 0 atom stereocenters. The number of nitrogens with zero attached hydrogens (tertiary/aromatic N) is 1. The number of carbonyl (C=O) groups is 1. The summed E-state index contributed by atoms with van der Waals surface area (Å²) in [7, 11) is 0. The van der Waals surface area contributed by atoms with Crippen molar-refractivity contribution >= 4 is 34.9 Å². The number of hydrogen-bond donors (Lipinski definition) is 3. The fraction of sp³-hybridized carbons (Fsp3) is 0.0769. The monoisotopic (exact) mass is 328 g/mol. The first-order chi connectivity index (χ1) is 9.99. The van der Waals surface area contributed by atoms with Crippen molar-refractivity contribution in [3.8, 4) is 0 Å². The van der Waals surface area contributed by atoms with E-state index in [1.165, 1.54) is 30.3 Å². The molecule has 2 rings (SSSR count). The maximum absolute atomic E-state index is 13.0. The fourth-order valence-electron chi connectivity index (χ4n) is 1.64. The van der Waals surface area contributed by atoms with Gasteiger partial charge in [0.05, 0.1) is 5.02 Å². The Morgan fingerprint density at radius 2 is 2.05 bits per heavy atom. The number of aromatic nitrogens is 1. The standard InChI is InChI=1S/C13H11Cl2FN4O/c14-9-3-7(1-2-10(9)16)6-18-13(21)8-4-11(15)19-12(5-8)20-17/h1-5H,6,17H2,(H,18,21)(H,19,20). The van der Waals surface area contributed by atoms with Crippen molar-refractivity contribution < 1.29 is 9.18 Å². The zero-order valence-corrected chi connectivity index (χ0v) is 12.2. The number of rotatable bonds is 4. The van der Waals surface area contributed by atoms with E-state index in [1.807, 2.05) is 0 Å². The molecule has 8 heteroatoms. The molecule has 0 unspecified atom stereocenters. The van der Waals surface area contributed by atoms with Gasteiger partial charge in [0.2, 0.25) is 0 Å². The van der Waals surface area contributed by atoms with E-state index in [2.05, 4.69) is 15.7 Å². The van der Waals surface area contributed by atoms with Gasteiger partial charge in [-0.2, -0.15) is 0 Å². The molecule has 4 N–H and O–H groups in total. The lowest BCUT2D eigenvalue weighted by Crippen LogP contribution is -2.23. The van der Waals surface area contributed by atoms with Crippen molar-refractivity contribution in [2.75, 3.05) is 5.43 Å². The van der Waals surface area contributed by atoms with Gasteiger partial charge in [-0.05, 0) is 29.8 Å². The molecule has 5 nitrogen and oxygen atoms in total. The number of halogens is 3. The summed E-state index contributed by atoms with van der Waals surface area (Å²) < 4.78 is 13.0. The number of hydrogen-bond acceptors (Lipinski definition) is 4. The molecule has 1 heterocycles. The van der Waals surface area contributed by atoms with Gasteiger partial charge < -0.3 is 10.7 Å². The van der Waals surface area contributed by atoms with Gasteiger partial charge in [0.1, 0.15) is 16.8 Å². The average Bonchev–Trinajstić information content (AvgIpc) is 2.47. The van der Waals surface area contributed by atoms with Crippen molar-refractivity contribution in [1.82, 2.24) is 10.3 Å². The van der Waals surface area contributed by atoms with Crippen LogP contribution in [-0.4, -0.2) is 10.9 Å². The van der Waals surface area contributed by atoms with Crippen molar-refractivity contribution in [1.29, 1.82) is 0 Å². The van der Waals surface area contributed by atoms with Gasteiger partial charge in [0, 0.05) is 12.1 Å². The van der Waals surface area contributed by atoms with E-state index < -0.39 is 5.82 Å². The van der Waals surface area contributed by atoms with E-state index >= 15 is 0 Å². The van der Waals surface area contributed by atoms with Crippen LogP contribution in [0.2, 0.25) is 10.2 Å². The van der Waals surface area contributed by atoms with Gasteiger partial charge in [0.15, 0.2) is 0 Å². The number of carbonyl (C=O) groups excluding carboxylic acids is 1. The molecule has 2 aromatic rings. The molecule has 1 amide bonds. The van der Waals surface area contributed by atoms with Gasteiger partial charge >= 0.3 is 0 Å². The lowest BCUT2D eigenvalue weighted by atomic mass is 10.2. The Kier molecular flexibility index (Phi) is 4.95. The molecular formula is C13H11Cl2FN4O. The summed E-state index contributed by atoms with van der Waals surface area (Å²) >= 11 is 11.5. The average molecular weight is 329 g/mol. The summed E-state index contributed by atoms with van der Waals surface area (Å²) in [6.45, 7) is 0.199. The Bertz CT molecular complexity index is 681. The molecule has 0 aliphatic heterocycles. The van der Waals surface area contributed by atoms with Crippen molar-refractivity contribution in [3.05, 3.63) is 57.5 Å². The molecule has 1 aromatic heterocycles. The Hall–Kier alpha value is -1.89. The first-order valence-corrected chi connectivity index (χ1v) is 6.61. The first kappa shape index (κ1) is 15.5. The third-order valence-corrected chi connectivity index (χ3v) is 3.12. The van der Waals surface area contributed by atoms with Crippen molar-refractivity contribution in [2.24, 2.45) is 5.84 Å². The van der Waals surface area contributed by atoms with Crippen LogP contribution >= 0.6 is 23.2 Å². The van der Waals surface area contributed by atoms with Crippen LogP contribution in [0.3, 0.4) is 0 Å². The number of nitrogens with two attached hydrogens (primary N) is 1. The number of amides is 1. The highest BCUT2D eigenvalue weighted by atomic mass is 35.5. The number of pyridine rings is 1. The highest BCUT2D eigenvalue weighted by Crippen LogP contribution is 2.17. The maximum atomic E-state index is 13.0. The lowest BCUT2D eigenvalue weighted by molar-refractivity contribution is 0.0951. The summed E-state index contributed by atoms with van der Waals surface area (Å²) in [4.78, 5) is 15.9. The van der Waals surface area contributed by atoms with Crippen molar-refractivity contribution in [3.63, 3.8) is 0 Å². The third kappa shape index (κ3) is 4.04. The lowest BCUT2D eigenvalue weighted by Gasteiger charge is -2.08. The maximum Gasteiger partial charge on any atom is 0.251 e. The summed E-state index contributed by atoms with van der Waals surface area (Å²) in [5, 5.41) is 2.81. The van der Waals surface area contributed by atoms with Crippen LogP contribution in [0.15, 0.2) is 30.3 Å². The smallest absolute Gasteiger partial charge is 0.251 e. The van der Waals surface area contributed by atoms with Crippen molar-refractivity contribution in [2.45, 2.75) is 6.54 Å². The van der Waals surface area contributed by atoms with Crippen LogP contribution < -0.4 is 16.6 Å². The van der Waals surface area contributed by atoms with E-state index in [0.29, 0.717) is 11.1 Å². The highest BCUT2D eigenvalue weighted by molar-refractivity contribution is 6.30. The summed E-state index contributed by atoms with van der Waals surface area (Å²) in [6, 6.07) is 7.09. The third-order valence-electron chi connectivity index (χ3n) is 2.64. The van der Waals surface area contributed by atoms with E-state index in [0.717, 1.165) is 0 Å². The topological polar surface area (TPSA) is 80.0 Å². The minimum atomic E-state index is -0.508. The minimum Gasteiger partial charge on any atom is -0.348 e. The number of nitrogen functional groups attached to an aromatic ring is 1. The number of benzene rings is 1. The Morgan fingerprint density at radius 3 is 2.71 bits per heavy atom. The second-order valence-corrected chi connectivity index (χ2v) is 4.93. The Morgan fingerprint density at radius 1 is 1.29 bits per heavy atom. The predicted molar refractivity (Wildman–Crippen MR) is 79.6 cm³/mol. The molecule has 0 saturated carbocycles. The second kappa shape index (κ2) is 6.71. The first-order valence-electron chi connectivity index (χ1n) is 5.86. The summed E-state index contributed by atoms with van der Waals surface area (Å²) in [5.41, 5.74) is 3.29. The van der Waals surface area contributed by atoms with Crippen LogP contribution in [0.25, 0.3) is 0 Å². The van der Waals surface area contributed by atoms with Crippen LogP contribution in [0.4, 0.5) is 10.2 Å².